The van der Waals surface area contributed by atoms with Gasteiger partial charge in [0.15, 0.2) is 0 Å². The first kappa shape index (κ1) is 10.1. The molecule has 86 valence electrons. The third-order valence-electron chi connectivity index (χ3n) is 5.58. The number of rotatable bonds is 0. The molecular formula is C14H24O. The molecule has 3 rings (SSSR count). The molecular weight excluding hydrogens is 184 g/mol. The van der Waals surface area contributed by atoms with Crippen molar-refractivity contribution in [3.63, 3.8) is 0 Å². The van der Waals surface area contributed by atoms with Crippen LogP contribution in [0.5, 0.6) is 0 Å². The largest absolute Gasteiger partial charge is 0.368 e. The van der Waals surface area contributed by atoms with Crippen LogP contribution in [0, 0.1) is 17.8 Å². The third kappa shape index (κ3) is 1.25. The van der Waals surface area contributed by atoms with Crippen LogP contribution < -0.4 is 0 Å². The van der Waals surface area contributed by atoms with Gasteiger partial charge >= 0.3 is 0 Å². The third-order valence-corrected chi connectivity index (χ3v) is 5.58. The first-order valence-corrected chi connectivity index (χ1v) is 6.75. The first-order valence-electron chi connectivity index (χ1n) is 6.75. The standard InChI is InChI=1S/C14H24O/c1-10-5-4-6-11-7-8-12-9-14(10,11)15-13(12,2)3/h10-12H,4-9H2,1-3H3/t10-,11?,12?,14-/m1/s1. The van der Waals surface area contributed by atoms with Crippen LogP contribution in [0.1, 0.15) is 59.3 Å². The first-order chi connectivity index (χ1) is 7.05. The van der Waals surface area contributed by atoms with Crippen LogP contribution in [0.25, 0.3) is 0 Å². The highest BCUT2D eigenvalue weighted by atomic mass is 16.5. The lowest BCUT2D eigenvalue weighted by Gasteiger charge is -2.47. The molecule has 2 saturated carbocycles. The van der Waals surface area contributed by atoms with Crippen molar-refractivity contribution >= 4 is 0 Å². The zero-order chi connectivity index (χ0) is 10.7. The molecule has 1 aliphatic heterocycles. The van der Waals surface area contributed by atoms with E-state index in [0.717, 1.165) is 17.8 Å². The minimum atomic E-state index is 0.153. The van der Waals surface area contributed by atoms with E-state index in [4.69, 9.17) is 4.74 Å². The monoisotopic (exact) mass is 208 g/mol. The fourth-order valence-corrected chi connectivity index (χ4v) is 4.60. The normalized spacial score (nSPS) is 52.6. The summed E-state index contributed by atoms with van der Waals surface area (Å²) < 4.78 is 6.58. The van der Waals surface area contributed by atoms with Crippen LogP contribution in [-0.2, 0) is 4.74 Å². The molecule has 15 heavy (non-hydrogen) atoms. The van der Waals surface area contributed by atoms with E-state index in [1.165, 1.54) is 38.5 Å². The van der Waals surface area contributed by atoms with Gasteiger partial charge in [0.1, 0.15) is 0 Å². The van der Waals surface area contributed by atoms with Gasteiger partial charge in [0.2, 0.25) is 0 Å². The van der Waals surface area contributed by atoms with Crippen LogP contribution in [-0.4, -0.2) is 11.2 Å². The van der Waals surface area contributed by atoms with E-state index in [0.29, 0.717) is 0 Å². The Labute approximate surface area is 93.6 Å². The molecule has 2 aliphatic carbocycles. The topological polar surface area (TPSA) is 9.23 Å². The van der Waals surface area contributed by atoms with E-state index < -0.39 is 0 Å². The van der Waals surface area contributed by atoms with Gasteiger partial charge in [0, 0.05) is 0 Å². The molecule has 4 atom stereocenters. The summed E-state index contributed by atoms with van der Waals surface area (Å²) in [5.41, 5.74) is 0.436. The van der Waals surface area contributed by atoms with Gasteiger partial charge in [-0.2, -0.15) is 0 Å². The second-order valence-electron chi connectivity index (χ2n) is 6.67. The Kier molecular flexibility index (Phi) is 2.03. The van der Waals surface area contributed by atoms with Crippen molar-refractivity contribution in [2.24, 2.45) is 17.8 Å². The minimum absolute atomic E-state index is 0.153. The summed E-state index contributed by atoms with van der Waals surface area (Å²) in [6, 6.07) is 0. The molecule has 1 heteroatoms. The van der Waals surface area contributed by atoms with Gasteiger partial charge in [0.05, 0.1) is 11.2 Å². The van der Waals surface area contributed by atoms with Crippen molar-refractivity contribution in [3.05, 3.63) is 0 Å². The lowest BCUT2D eigenvalue weighted by atomic mass is 9.61. The van der Waals surface area contributed by atoms with Gasteiger partial charge in [-0.05, 0) is 63.7 Å². The quantitative estimate of drug-likeness (QED) is 0.589. The molecule has 0 aromatic carbocycles. The summed E-state index contributed by atoms with van der Waals surface area (Å²) in [6.07, 6.45) is 8.44. The van der Waals surface area contributed by atoms with Crippen LogP contribution in [0.4, 0.5) is 0 Å². The highest BCUT2D eigenvalue weighted by Gasteiger charge is 2.60. The van der Waals surface area contributed by atoms with Crippen molar-refractivity contribution < 1.29 is 4.74 Å². The molecule has 2 bridgehead atoms. The summed E-state index contributed by atoms with van der Waals surface area (Å²) in [4.78, 5) is 0. The maximum absolute atomic E-state index is 6.58. The van der Waals surface area contributed by atoms with Gasteiger partial charge in [-0.3, -0.25) is 0 Å². The summed E-state index contributed by atoms with van der Waals surface area (Å²) in [6.45, 7) is 7.06. The summed E-state index contributed by atoms with van der Waals surface area (Å²) >= 11 is 0. The Morgan fingerprint density at radius 1 is 1.00 bits per heavy atom. The van der Waals surface area contributed by atoms with Gasteiger partial charge in [-0.25, -0.2) is 0 Å². The van der Waals surface area contributed by atoms with Crippen LogP contribution in [0.3, 0.4) is 0 Å². The number of hydrogen-bond donors (Lipinski definition) is 0. The van der Waals surface area contributed by atoms with E-state index in [1.807, 2.05) is 0 Å². The number of ether oxygens (including phenoxy) is 1. The highest BCUT2D eigenvalue weighted by molar-refractivity contribution is 5.09. The lowest BCUT2D eigenvalue weighted by Crippen LogP contribution is -2.48. The van der Waals surface area contributed by atoms with Crippen LogP contribution in [0.15, 0.2) is 0 Å². The Morgan fingerprint density at radius 3 is 2.53 bits per heavy atom. The summed E-state index contributed by atoms with van der Waals surface area (Å²) in [7, 11) is 0. The fraction of sp³-hybridized carbons (Fsp3) is 1.00. The highest BCUT2D eigenvalue weighted by Crippen LogP contribution is 2.59. The van der Waals surface area contributed by atoms with Crippen LogP contribution >= 0.6 is 0 Å². The van der Waals surface area contributed by atoms with Crippen molar-refractivity contribution in [3.8, 4) is 0 Å². The molecule has 3 aliphatic rings. The predicted octanol–water partition coefficient (Wildman–Crippen LogP) is 3.77. The zero-order valence-electron chi connectivity index (χ0n) is 10.4. The number of fused-ring (bicyclic) bond motifs is 1. The molecule has 1 saturated heterocycles. The van der Waals surface area contributed by atoms with E-state index in [2.05, 4.69) is 20.8 Å². The van der Waals surface area contributed by atoms with Gasteiger partial charge in [-0.1, -0.05) is 13.3 Å². The SMILES string of the molecule is C[C@@H]1CCCC2CCC3C[C@]21OC3(C)C. The molecule has 1 nitrogen and oxygen atoms in total. The summed E-state index contributed by atoms with van der Waals surface area (Å²) in [5.74, 6) is 2.49. The molecule has 1 spiro atoms. The number of hydrogen-bond acceptors (Lipinski definition) is 1. The fourth-order valence-electron chi connectivity index (χ4n) is 4.60. The van der Waals surface area contributed by atoms with E-state index in [1.54, 1.807) is 0 Å². The minimum Gasteiger partial charge on any atom is -0.368 e. The average molecular weight is 208 g/mol. The van der Waals surface area contributed by atoms with E-state index >= 15 is 0 Å². The maximum atomic E-state index is 6.58. The van der Waals surface area contributed by atoms with Gasteiger partial charge in [-0.15, -0.1) is 0 Å². The molecule has 0 aromatic heterocycles. The molecule has 0 radical (unpaired) electrons. The van der Waals surface area contributed by atoms with E-state index in [9.17, 15) is 0 Å². The van der Waals surface area contributed by atoms with Crippen molar-refractivity contribution in [1.82, 2.24) is 0 Å². The second kappa shape index (κ2) is 3.00. The molecule has 1 heterocycles. The molecule has 2 unspecified atom stereocenters. The second-order valence-corrected chi connectivity index (χ2v) is 6.67. The lowest BCUT2D eigenvalue weighted by molar-refractivity contribution is -0.156. The van der Waals surface area contributed by atoms with Gasteiger partial charge in [0.25, 0.3) is 0 Å². The maximum Gasteiger partial charge on any atom is 0.0747 e. The molecule has 3 fully saturated rings. The Balaban J connectivity index is 1.97. The molecule has 0 amide bonds. The summed E-state index contributed by atoms with van der Waals surface area (Å²) in [5, 5.41) is 0. The Hall–Kier alpha value is -0.0400. The van der Waals surface area contributed by atoms with Crippen molar-refractivity contribution in [2.75, 3.05) is 0 Å². The Morgan fingerprint density at radius 2 is 1.73 bits per heavy atom. The predicted molar refractivity (Wildman–Crippen MR) is 61.7 cm³/mol. The Bertz CT molecular complexity index is 271. The average Bonchev–Trinajstić information content (AvgIpc) is 2.38. The van der Waals surface area contributed by atoms with Crippen LogP contribution in [0.2, 0.25) is 0 Å². The molecule has 0 N–H and O–H groups in total. The zero-order valence-corrected chi connectivity index (χ0v) is 10.4. The molecule has 0 aromatic rings. The van der Waals surface area contributed by atoms with Crippen molar-refractivity contribution in [2.45, 2.75) is 70.5 Å². The van der Waals surface area contributed by atoms with Crippen molar-refractivity contribution in [1.29, 1.82) is 0 Å². The van der Waals surface area contributed by atoms with E-state index in [-0.39, 0.29) is 11.2 Å². The van der Waals surface area contributed by atoms with Gasteiger partial charge < -0.3 is 4.74 Å². The smallest absolute Gasteiger partial charge is 0.0747 e.